The molecule has 0 aliphatic heterocycles. The largest absolute Gasteiger partial charge is 0.493 e. The molecule has 37 heavy (non-hydrogen) atoms. The molecule has 5 aromatic rings. The zero-order valence-corrected chi connectivity index (χ0v) is 21.3. The van der Waals surface area contributed by atoms with Crippen molar-refractivity contribution in [3.8, 4) is 22.6 Å². The van der Waals surface area contributed by atoms with Gasteiger partial charge in [-0.3, -0.25) is 4.72 Å². The van der Waals surface area contributed by atoms with Crippen LogP contribution in [0.3, 0.4) is 0 Å². The van der Waals surface area contributed by atoms with E-state index in [9.17, 15) is 8.42 Å². The summed E-state index contributed by atoms with van der Waals surface area (Å²) in [6.45, 7) is 1.91. The highest BCUT2D eigenvalue weighted by atomic mass is 32.2. The van der Waals surface area contributed by atoms with Crippen molar-refractivity contribution in [2.24, 2.45) is 0 Å². The fourth-order valence-corrected chi connectivity index (χ4v) is 4.91. The van der Waals surface area contributed by atoms with Crippen LogP contribution in [-0.2, 0) is 10.0 Å². The average Bonchev–Trinajstić information content (AvgIpc) is 3.33. The smallest absolute Gasteiger partial charge is 0.261 e. The molecule has 2 aromatic heterocycles. The van der Waals surface area contributed by atoms with Crippen LogP contribution in [0.25, 0.3) is 16.8 Å². The Kier molecular flexibility index (Phi) is 6.41. The highest BCUT2D eigenvalue weighted by Gasteiger charge is 2.15. The molecule has 5 rings (SSSR count). The molecular formula is C27H25N5O4S. The Labute approximate surface area is 214 Å². The summed E-state index contributed by atoms with van der Waals surface area (Å²) in [6.07, 6.45) is 3.57. The lowest BCUT2D eigenvalue weighted by atomic mass is 10.1. The monoisotopic (exact) mass is 515 g/mol. The van der Waals surface area contributed by atoms with E-state index in [0.29, 0.717) is 28.7 Å². The molecule has 0 aliphatic rings. The topological polar surface area (TPSA) is 107 Å². The summed E-state index contributed by atoms with van der Waals surface area (Å²) in [4.78, 5) is 4.95. The minimum Gasteiger partial charge on any atom is -0.493 e. The first-order valence-corrected chi connectivity index (χ1v) is 12.9. The number of fused-ring (bicyclic) bond motifs is 1. The van der Waals surface area contributed by atoms with E-state index in [1.807, 2.05) is 37.4 Å². The summed E-state index contributed by atoms with van der Waals surface area (Å²) in [5.74, 6) is 1.87. The lowest BCUT2D eigenvalue weighted by Gasteiger charge is -2.11. The molecule has 0 aliphatic carbocycles. The van der Waals surface area contributed by atoms with Crippen molar-refractivity contribution in [1.82, 2.24) is 14.6 Å². The number of aryl methyl sites for hydroxylation is 1. The van der Waals surface area contributed by atoms with Gasteiger partial charge in [-0.2, -0.15) is 5.10 Å². The second kappa shape index (κ2) is 9.82. The number of anilines is 3. The third-order valence-corrected chi connectivity index (χ3v) is 7.20. The summed E-state index contributed by atoms with van der Waals surface area (Å²) in [6, 6.07) is 21.1. The molecule has 0 bridgehead atoms. The van der Waals surface area contributed by atoms with E-state index >= 15 is 0 Å². The van der Waals surface area contributed by atoms with Crippen molar-refractivity contribution >= 4 is 32.9 Å². The Morgan fingerprint density at radius 2 is 1.54 bits per heavy atom. The number of hydrogen-bond acceptors (Lipinski definition) is 7. The summed E-state index contributed by atoms with van der Waals surface area (Å²) < 4.78 is 40.4. The summed E-state index contributed by atoms with van der Waals surface area (Å²) in [5.41, 5.74) is 4.60. The lowest BCUT2D eigenvalue weighted by Crippen LogP contribution is -2.12. The van der Waals surface area contributed by atoms with Crippen molar-refractivity contribution in [2.45, 2.75) is 11.8 Å². The Balaban J connectivity index is 1.36. The van der Waals surface area contributed by atoms with Crippen LogP contribution in [0.4, 0.5) is 17.2 Å². The molecule has 0 fully saturated rings. The number of sulfonamides is 1. The van der Waals surface area contributed by atoms with E-state index < -0.39 is 10.0 Å². The minimum absolute atomic E-state index is 0.212. The number of rotatable bonds is 8. The lowest BCUT2D eigenvalue weighted by molar-refractivity contribution is 0.355. The highest BCUT2D eigenvalue weighted by molar-refractivity contribution is 7.92. The van der Waals surface area contributed by atoms with Crippen molar-refractivity contribution in [3.05, 3.63) is 90.8 Å². The van der Waals surface area contributed by atoms with Crippen molar-refractivity contribution < 1.29 is 17.9 Å². The van der Waals surface area contributed by atoms with Gasteiger partial charge in [0.15, 0.2) is 17.1 Å². The molecule has 0 radical (unpaired) electrons. The average molecular weight is 516 g/mol. The normalized spacial score (nSPS) is 11.3. The maximum atomic E-state index is 12.7. The molecular weight excluding hydrogens is 490 g/mol. The number of nitrogens with zero attached hydrogens (tertiary/aromatic N) is 3. The predicted octanol–water partition coefficient (Wildman–Crippen LogP) is 5.27. The number of ether oxygens (including phenoxy) is 2. The van der Waals surface area contributed by atoms with Crippen LogP contribution < -0.4 is 19.5 Å². The van der Waals surface area contributed by atoms with E-state index in [1.165, 1.54) is 0 Å². The second-order valence-electron chi connectivity index (χ2n) is 8.33. The van der Waals surface area contributed by atoms with Gasteiger partial charge in [0.05, 0.1) is 25.3 Å². The summed E-state index contributed by atoms with van der Waals surface area (Å²) in [7, 11) is -0.481. The molecule has 9 nitrogen and oxygen atoms in total. The molecule has 0 saturated heterocycles. The number of methoxy groups -OCH3 is 2. The van der Waals surface area contributed by atoms with Crippen LogP contribution in [0, 0.1) is 6.92 Å². The molecule has 0 atom stereocenters. The molecule has 0 amide bonds. The van der Waals surface area contributed by atoms with Gasteiger partial charge in [-0.25, -0.2) is 17.9 Å². The zero-order valence-electron chi connectivity index (χ0n) is 20.5. The molecule has 0 spiro atoms. The number of benzene rings is 3. The first-order chi connectivity index (χ1) is 17.9. The maximum Gasteiger partial charge on any atom is 0.261 e. The standard InChI is InChI=1S/C27H25N5O4S/c1-18-4-11-22(12-5-18)37(33,34)31-21-9-7-20(8-10-21)29-26-14-15-32-27(30-26)23(17-28-32)19-6-13-24(35-2)25(16-19)36-3/h4-17,31H,1-3H3,(H,29,30). The fourth-order valence-electron chi connectivity index (χ4n) is 3.85. The molecule has 2 N–H and O–H groups in total. The van der Waals surface area contributed by atoms with Gasteiger partial charge < -0.3 is 14.8 Å². The quantitative estimate of drug-likeness (QED) is 0.290. The number of hydrogen-bond donors (Lipinski definition) is 2. The van der Waals surface area contributed by atoms with Gasteiger partial charge >= 0.3 is 0 Å². The van der Waals surface area contributed by atoms with E-state index in [-0.39, 0.29) is 4.90 Å². The van der Waals surface area contributed by atoms with E-state index in [0.717, 1.165) is 22.4 Å². The first-order valence-electron chi connectivity index (χ1n) is 11.4. The third-order valence-electron chi connectivity index (χ3n) is 5.80. The van der Waals surface area contributed by atoms with E-state index in [1.54, 1.807) is 73.5 Å². The van der Waals surface area contributed by atoms with Crippen molar-refractivity contribution in [2.75, 3.05) is 24.3 Å². The van der Waals surface area contributed by atoms with E-state index in [2.05, 4.69) is 15.1 Å². The van der Waals surface area contributed by atoms with Crippen LogP contribution in [0.1, 0.15) is 5.56 Å². The van der Waals surface area contributed by atoms with Gasteiger partial charge in [0.25, 0.3) is 10.0 Å². The first kappa shape index (κ1) is 24.1. The zero-order chi connectivity index (χ0) is 26.0. The van der Waals surface area contributed by atoms with Gasteiger partial charge in [0.1, 0.15) is 5.82 Å². The van der Waals surface area contributed by atoms with Crippen LogP contribution in [-0.4, -0.2) is 37.2 Å². The highest BCUT2D eigenvalue weighted by Crippen LogP contribution is 2.34. The van der Waals surface area contributed by atoms with Crippen LogP contribution >= 0.6 is 0 Å². The van der Waals surface area contributed by atoms with Gasteiger partial charge in [-0.15, -0.1) is 0 Å². The Bertz CT molecular complexity index is 1660. The van der Waals surface area contributed by atoms with Gasteiger partial charge in [-0.1, -0.05) is 23.8 Å². The SMILES string of the molecule is COc1ccc(-c2cnn3ccc(Nc4ccc(NS(=O)(=O)c5ccc(C)cc5)cc4)nc23)cc1OC. The molecule has 0 unspecified atom stereocenters. The van der Waals surface area contributed by atoms with Crippen molar-refractivity contribution in [3.63, 3.8) is 0 Å². The molecule has 0 saturated carbocycles. The summed E-state index contributed by atoms with van der Waals surface area (Å²) in [5, 5.41) is 7.66. The van der Waals surface area contributed by atoms with Gasteiger partial charge in [0, 0.05) is 23.1 Å². The van der Waals surface area contributed by atoms with E-state index in [4.69, 9.17) is 14.5 Å². The second-order valence-corrected chi connectivity index (χ2v) is 10.0. The van der Waals surface area contributed by atoms with Gasteiger partial charge in [0.2, 0.25) is 0 Å². The molecule has 3 aromatic carbocycles. The molecule has 2 heterocycles. The number of aromatic nitrogens is 3. The van der Waals surface area contributed by atoms with Crippen molar-refractivity contribution in [1.29, 1.82) is 0 Å². The fraction of sp³-hybridized carbons (Fsp3) is 0.111. The predicted molar refractivity (Wildman–Crippen MR) is 143 cm³/mol. The van der Waals surface area contributed by atoms with Crippen LogP contribution in [0.15, 0.2) is 90.1 Å². The minimum atomic E-state index is -3.67. The van der Waals surface area contributed by atoms with Gasteiger partial charge in [-0.05, 0) is 67.1 Å². The Morgan fingerprint density at radius 3 is 2.24 bits per heavy atom. The summed E-state index contributed by atoms with van der Waals surface area (Å²) >= 11 is 0. The van der Waals surface area contributed by atoms with Crippen LogP contribution in [0.5, 0.6) is 11.5 Å². The molecule has 10 heteroatoms. The molecule has 188 valence electrons. The Morgan fingerprint density at radius 1 is 0.838 bits per heavy atom. The maximum absolute atomic E-state index is 12.7. The number of nitrogens with one attached hydrogen (secondary N) is 2. The van der Waals surface area contributed by atoms with Crippen LogP contribution in [0.2, 0.25) is 0 Å². The Hall–Kier alpha value is -4.57. The third kappa shape index (κ3) is 5.05.